The van der Waals surface area contributed by atoms with Crippen LogP contribution >= 0.6 is 0 Å². The average Bonchev–Trinajstić information content (AvgIpc) is 3.15. The molecule has 2 N–H and O–H groups in total. The van der Waals surface area contributed by atoms with Gasteiger partial charge in [-0.25, -0.2) is 0 Å². The predicted molar refractivity (Wildman–Crippen MR) is 127 cm³/mol. The zero-order valence-corrected chi connectivity index (χ0v) is 19.0. The van der Waals surface area contributed by atoms with Gasteiger partial charge in [-0.05, 0) is 67.1 Å². The molecule has 0 aliphatic carbocycles. The van der Waals surface area contributed by atoms with Gasteiger partial charge in [0.05, 0.1) is 6.42 Å². The smallest absolute Gasteiger partial charge is 0.255 e. The number of fused-ring (bicyclic) bond motifs is 1. The van der Waals surface area contributed by atoms with Gasteiger partial charge in [-0.3, -0.25) is 24.5 Å². The summed E-state index contributed by atoms with van der Waals surface area (Å²) in [6.07, 6.45) is 4.47. The van der Waals surface area contributed by atoms with Gasteiger partial charge in [0, 0.05) is 43.0 Å². The molecule has 8 nitrogen and oxygen atoms in total. The van der Waals surface area contributed by atoms with Gasteiger partial charge in [0.1, 0.15) is 6.04 Å². The Hall–Kier alpha value is -3.68. The molecule has 0 aromatic heterocycles. The maximum Gasteiger partial charge on any atom is 0.255 e. The van der Waals surface area contributed by atoms with Gasteiger partial charge in [-0.15, -0.1) is 0 Å². The molecule has 0 bridgehead atoms. The molecule has 4 amide bonds. The Morgan fingerprint density at radius 1 is 1.00 bits per heavy atom. The second kappa shape index (κ2) is 9.29. The third-order valence-electron chi connectivity index (χ3n) is 6.82. The molecule has 5 rings (SSSR count). The fraction of sp³-hybridized carbons (Fsp3) is 0.385. The van der Waals surface area contributed by atoms with Crippen LogP contribution in [0, 0.1) is 0 Å². The highest BCUT2D eigenvalue weighted by atomic mass is 16.2. The second-order valence-electron chi connectivity index (χ2n) is 9.21. The first-order chi connectivity index (χ1) is 16.5. The minimum absolute atomic E-state index is 0.128. The van der Waals surface area contributed by atoms with Gasteiger partial charge in [0.15, 0.2) is 0 Å². The van der Waals surface area contributed by atoms with Crippen LogP contribution in [-0.4, -0.2) is 47.7 Å². The molecular formula is C26H28N4O4. The highest BCUT2D eigenvalue weighted by Gasteiger charge is 2.39. The van der Waals surface area contributed by atoms with Gasteiger partial charge in [0.25, 0.3) is 5.91 Å². The van der Waals surface area contributed by atoms with Crippen molar-refractivity contribution in [2.24, 2.45) is 0 Å². The van der Waals surface area contributed by atoms with Crippen LogP contribution in [0.25, 0.3) is 0 Å². The largest absolute Gasteiger partial charge is 0.372 e. The van der Waals surface area contributed by atoms with Gasteiger partial charge >= 0.3 is 0 Å². The Labute approximate surface area is 198 Å². The van der Waals surface area contributed by atoms with Crippen molar-refractivity contribution in [1.29, 1.82) is 0 Å². The summed E-state index contributed by atoms with van der Waals surface area (Å²) >= 11 is 0. The number of hydrogen-bond donors (Lipinski definition) is 2. The van der Waals surface area contributed by atoms with E-state index < -0.39 is 11.9 Å². The number of rotatable bonds is 5. The molecule has 0 radical (unpaired) electrons. The topological polar surface area (TPSA) is 98.8 Å². The summed E-state index contributed by atoms with van der Waals surface area (Å²) in [4.78, 5) is 53.0. The standard InChI is InChI=1S/C26H28N4O4/c31-23-11-10-22(25(33)28-23)30-16-18-14-17(4-9-21(18)26(30)34)15-24(32)27-19-5-7-20(8-6-19)29-12-2-1-3-13-29/h4-9,14,22H,1-3,10-13,15-16H2,(H,27,32)(H,28,31,33). The number of piperidine rings is 2. The van der Waals surface area contributed by atoms with Crippen molar-refractivity contribution in [3.05, 3.63) is 59.2 Å². The van der Waals surface area contributed by atoms with Crippen LogP contribution in [0.4, 0.5) is 11.4 Å². The summed E-state index contributed by atoms with van der Waals surface area (Å²) in [7, 11) is 0. The van der Waals surface area contributed by atoms with E-state index in [0.717, 1.165) is 29.9 Å². The van der Waals surface area contributed by atoms with Crippen LogP contribution < -0.4 is 15.5 Å². The Morgan fingerprint density at radius 3 is 2.50 bits per heavy atom. The zero-order valence-electron chi connectivity index (χ0n) is 19.0. The number of benzene rings is 2. The van der Waals surface area contributed by atoms with Crippen molar-refractivity contribution in [2.45, 2.75) is 51.1 Å². The van der Waals surface area contributed by atoms with E-state index in [0.29, 0.717) is 18.5 Å². The van der Waals surface area contributed by atoms with Crippen molar-refractivity contribution in [3.63, 3.8) is 0 Å². The third-order valence-corrected chi connectivity index (χ3v) is 6.82. The molecule has 8 heteroatoms. The van der Waals surface area contributed by atoms with Gasteiger partial charge in [0.2, 0.25) is 17.7 Å². The third kappa shape index (κ3) is 4.53. The number of amides is 4. The fourth-order valence-corrected chi connectivity index (χ4v) is 5.04. The summed E-state index contributed by atoms with van der Waals surface area (Å²) < 4.78 is 0. The van der Waals surface area contributed by atoms with Crippen molar-refractivity contribution in [3.8, 4) is 0 Å². The number of hydrogen-bond acceptors (Lipinski definition) is 5. The van der Waals surface area contributed by atoms with Gasteiger partial charge in [-0.1, -0.05) is 12.1 Å². The first-order valence-electron chi connectivity index (χ1n) is 11.9. The number of anilines is 2. The van der Waals surface area contributed by atoms with Crippen LogP contribution in [0.3, 0.4) is 0 Å². The molecule has 1 atom stereocenters. The van der Waals surface area contributed by atoms with E-state index in [1.807, 2.05) is 30.3 Å². The van der Waals surface area contributed by atoms with E-state index in [4.69, 9.17) is 0 Å². The predicted octanol–water partition coefficient (Wildman–Crippen LogP) is 2.62. The number of carbonyl (C=O) groups excluding carboxylic acids is 4. The molecule has 2 aromatic rings. The first-order valence-corrected chi connectivity index (χ1v) is 11.9. The minimum atomic E-state index is -0.641. The summed E-state index contributed by atoms with van der Waals surface area (Å²) in [5, 5.41) is 5.26. The lowest BCUT2D eigenvalue weighted by molar-refractivity contribution is -0.137. The Kier molecular flexibility index (Phi) is 6.04. The Bertz CT molecular complexity index is 1140. The van der Waals surface area contributed by atoms with E-state index >= 15 is 0 Å². The number of imide groups is 1. The van der Waals surface area contributed by atoms with E-state index in [-0.39, 0.29) is 30.6 Å². The first kappa shape index (κ1) is 22.1. The number of nitrogens with zero attached hydrogens (tertiary/aromatic N) is 2. The van der Waals surface area contributed by atoms with Crippen LogP contribution in [0.2, 0.25) is 0 Å². The van der Waals surface area contributed by atoms with E-state index in [1.165, 1.54) is 29.8 Å². The number of nitrogens with one attached hydrogen (secondary N) is 2. The highest BCUT2D eigenvalue weighted by molar-refractivity contribution is 6.05. The van der Waals surface area contributed by atoms with Crippen molar-refractivity contribution in [1.82, 2.24) is 10.2 Å². The molecule has 0 spiro atoms. The second-order valence-corrected chi connectivity index (χ2v) is 9.21. The molecule has 2 aromatic carbocycles. The Balaban J connectivity index is 1.20. The van der Waals surface area contributed by atoms with E-state index in [1.54, 1.807) is 12.1 Å². The maximum absolute atomic E-state index is 12.8. The van der Waals surface area contributed by atoms with Crippen LogP contribution in [0.1, 0.15) is 53.6 Å². The lowest BCUT2D eigenvalue weighted by atomic mass is 10.0. The molecule has 176 valence electrons. The molecule has 3 aliphatic heterocycles. The van der Waals surface area contributed by atoms with Crippen molar-refractivity contribution in [2.75, 3.05) is 23.3 Å². The summed E-state index contributed by atoms with van der Waals surface area (Å²) in [6.45, 7) is 2.45. The molecular weight excluding hydrogens is 432 g/mol. The van der Waals surface area contributed by atoms with Gasteiger partial charge < -0.3 is 15.1 Å². The summed E-state index contributed by atoms with van der Waals surface area (Å²) in [5.74, 6) is -1.07. The number of carbonyl (C=O) groups is 4. The van der Waals surface area contributed by atoms with Gasteiger partial charge in [-0.2, -0.15) is 0 Å². The lowest BCUT2D eigenvalue weighted by Gasteiger charge is -2.29. The quantitative estimate of drug-likeness (QED) is 0.669. The normalized spacial score (nSPS) is 20.2. The lowest BCUT2D eigenvalue weighted by Crippen LogP contribution is -2.52. The van der Waals surface area contributed by atoms with Crippen molar-refractivity contribution >= 4 is 35.0 Å². The molecule has 0 saturated carbocycles. The molecule has 3 aliphatic rings. The van der Waals surface area contributed by atoms with E-state index in [9.17, 15) is 19.2 Å². The SMILES string of the molecule is O=C1CCC(N2Cc3cc(CC(=O)Nc4ccc(N5CCCCC5)cc4)ccc3C2=O)C(=O)N1. The van der Waals surface area contributed by atoms with E-state index in [2.05, 4.69) is 15.5 Å². The fourth-order valence-electron chi connectivity index (χ4n) is 5.04. The van der Waals surface area contributed by atoms with Crippen LogP contribution in [-0.2, 0) is 27.3 Å². The minimum Gasteiger partial charge on any atom is -0.372 e. The molecule has 2 fully saturated rings. The average molecular weight is 461 g/mol. The highest BCUT2D eigenvalue weighted by Crippen LogP contribution is 2.28. The molecule has 2 saturated heterocycles. The summed E-state index contributed by atoms with van der Waals surface area (Å²) in [5.41, 5.74) is 4.08. The molecule has 34 heavy (non-hydrogen) atoms. The molecule has 1 unspecified atom stereocenters. The maximum atomic E-state index is 12.8. The van der Waals surface area contributed by atoms with Crippen LogP contribution in [0.5, 0.6) is 0 Å². The zero-order chi connectivity index (χ0) is 23.7. The monoisotopic (exact) mass is 460 g/mol. The van der Waals surface area contributed by atoms with Crippen molar-refractivity contribution < 1.29 is 19.2 Å². The molecule has 3 heterocycles. The summed E-state index contributed by atoms with van der Waals surface area (Å²) in [6, 6.07) is 12.7. The van der Waals surface area contributed by atoms with Crippen LogP contribution in [0.15, 0.2) is 42.5 Å². The Morgan fingerprint density at radius 2 is 1.76 bits per heavy atom.